The molecule has 2 heterocycles. The van der Waals surface area contributed by atoms with Crippen LogP contribution >= 0.6 is 22.9 Å². The maximum absolute atomic E-state index is 11.2. The lowest BCUT2D eigenvalue weighted by molar-refractivity contribution is 0.0595. The van der Waals surface area contributed by atoms with Gasteiger partial charge in [0.2, 0.25) is 5.28 Å². The molecule has 82 valence electrons. The van der Waals surface area contributed by atoms with Gasteiger partial charge in [-0.25, -0.2) is 19.7 Å². The number of carbonyl (C=O) groups excluding carboxylic acids is 1. The van der Waals surface area contributed by atoms with Crippen LogP contribution in [0.4, 0.5) is 0 Å². The van der Waals surface area contributed by atoms with Crippen molar-refractivity contribution in [3.63, 3.8) is 0 Å². The Morgan fingerprint density at radius 3 is 3.00 bits per heavy atom. The van der Waals surface area contributed by atoms with Crippen LogP contribution in [0.3, 0.4) is 0 Å². The van der Waals surface area contributed by atoms with Crippen molar-refractivity contribution in [2.45, 2.75) is 0 Å². The number of ether oxygens (including phenoxy) is 1. The molecule has 16 heavy (non-hydrogen) atoms. The lowest BCUT2D eigenvalue weighted by atomic mass is 10.4. The molecule has 0 aromatic carbocycles. The van der Waals surface area contributed by atoms with Crippen molar-refractivity contribution in [2.75, 3.05) is 7.11 Å². The lowest BCUT2D eigenvalue weighted by Gasteiger charge is -1.94. The van der Waals surface area contributed by atoms with E-state index in [-0.39, 0.29) is 11.0 Å². The first-order chi connectivity index (χ1) is 7.70. The zero-order valence-electron chi connectivity index (χ0n) is 8.18. The zero-order valence-corrected chi connectivity index (χ0v) is 9.75. The van der Waals surface area contributed by atoms with Gasteiger partial charge in [-0.1, -0.05) is 0 Å². The number of rotatable bonds is 2. The number of hydrogen-bond acceptors (Lipinski definition) is 6. The molecule has 2 aromatic rings. The van der Waals surface area contributed by atoms with Crippen molar-refractivity contribution in [3.8, 4) is 10.7 Å². The molecule has 5 nitrogen and oxygen atoms in total. The number of aromatic nitrogens is 3. The van der Waals surface area contributed by atoms with Crippen molar-refractivity contribution in [3.05, 3.63) is 28.6 Å². The minimum Gasteiger partial charge on any atom is -0.464 e. The first-order valence-electron chi connectivity index (χ1n) is 4.23. The number of halogens is 1. The molecule has 0 spiro atoms. The number of thiazole rings is 1. The van der Waals surface area contributed by atoms with Crippen LogP contribution in [0.25, 0.3) is 10.7 Å². The normalized spacial score (nSPS) is 10.1. The number of nitrogens with zero attached hydrogens (tertiary/aromatic N) is 3. The summed E-state index contributed by atoms with van der Waals surface area (Å²) < 4.78 is 4.56. The average molecular weight is 256 g/mol. The molecular weight excluding hydrogens is 250 g/mol. The van der Waals surface area contributed by atoms with E-state index in [9.17, 15) is 4.79 Å². The van der Waals surface area contributed by atoms with Gasteiger partial charge in [-0.05, 0) is 17.7 Å². The summed E-state index contributed by atoms with van der Waals surface area (Å²) in [7, 11) is 1.31. The number of methoxy groups -OCH3 is 1. The van der Waals surface area contributed by atoms with E-state index in [0.717, 1.165) is 0 Å². The van der Waals surface area contributed by atoms with E-state index in [1.54, 1.807) is 11.4 Å². The van der Waals surface area contributed by atoms with E-state index in [1.165, 1.54) is 24.6 Å². The fraction of sp³-hybridized carbons (Fsp3) is 0.111. The molecule has 0 radical (unpaired) electrons. The minimum atomic E-state index is -0.470. The monoisotopic (exact) mass is 255 g/mol. The summed E-state index contributed by atoms with van der Waals surface area (Å²) in [6.07, 6.45) is 1.53. The molecule has 0 atom stereocenters. The quantitative estimate of drug-likeness (QED) is 0.607. The summed E-state index contributed by atoms with van der Waals surface area (Å²) in [5.41, 5.74) is 0.845. The number of esters is 1. The van der Waals surface area contributed by atoms with Crippen LogP contribution in [-0.4, -0.2) is 28.0 Å². The van der Waals surface area contributed by atoms with Gasteiger partial charge in [0, 0.05) is 11.6 Å². The Balaban J connectivity index is 2.35. The second-order valence-electron chi connectivity index (χ2n) is 2.74. The highest BCUT2D eigenvalue weighted by Crippen LogP contribution is 2.22. The standard InChI is InChI=1S/C9H6ClN3O2S/c1-15-8(14)6-4-16-7(12-6)5-2-3-11-9(10)13-5/h2-4H,1H3. The number of hydrogen-bond donors (Lipinski definition) is 0. The SMILES string of the molecule is COC(=O)c1csc(-c2ccnc(Cl)n2)n1. The average Bonchev–Trinajstić information content (AvgIpc) is 2.77. The summed E-state index contributed by atoms with van der Waals surface area (Å²) in [6.45, 7) is 0. The Morgan fingerprint density at radius 2 is 2.31 bits per heavy atom. The maximum atomic E-state index is 11.2. The summed E-state index contributed by atoms with van der Waals surface area (Å²) in [5.74, 6) is -0.470. The minimum absolute atomic E-state index is 0.146. The van der Waals surface area contributed by atoms with Crippen molar-refractivity contribution in [1.29, 1.82) is 0 Å². The molecule has 0 N–H and O–H groups in total. The van der Waals surface area contributed by atoms with Crippen LogP contribution in [0.1, 0.15) is 10.5 Å². The summed E-state index contributed by atoms with van der Waals surface area (Å²) in [5, 5.41) is 2.36. The smallest absolute Gasteiger partial charge is 0.357 e. The van der Waals surface area contributed by atoms with Gasteiger partial charge in [0.1, 0.15) is 10.7 Å². The summed E-state index contributed by atoms with van der Waals surface area (Å²) >= 11 is 6.95. The van der Waals surface area contributed by atoms with Crippen molar-refractivity contribution < 1.29 is 9.53 Å². The largest absolute Gasteiger partial charge is 0.464 e. The van der Waals surface area contributed by atoms with Gasteiger partial charge in [-0.15, -0.1) is 11.3 Å². The first kappa shape index (κ1) is 11.0. The third-order valence-corrected chi connectivity index (χ3v) is 2.79. The molecule has 0 bridgehead atoms. The van der Waals surface area contributed by atoms with Crippen LogP contribution in [0.2, 0.25) is 5.28 Å². The molecule has 2 aromatic heterocycles. The highest BCUT2D eigenvalue weighted by molar-refractivity contribution is 7.13. The maximum Gasteiger partial charge on any atom is 0.357 e. The predicted octanol–water partition coefficient (Wildman–Crippen LogP) is 2.04. The molecule has 2 rings (SSSR count). The van der Waals surface area contributed by atoms with E-state index in [0.29, 0.717) is 10.7 Å². The number of carbonyl (C=O) groups is 1. The molecule has 0 amide bonds. The van der Waals surface area contributed by atoms with Crippen LogP contribution in [0.5, 0.6) is 0 Å². The van der Waals surface area contributed by atoms with Gasteiger partial charge < -0.3 is 4.74 Å². The highest BCUT2D eigenvalue weighted by Gasteiger charge is 2.12. The molecule has 7 heteroatoms. The Kier molecular flexibility index (Phi) is 3.12. The molecule has 0 aliphatic rings. The van der Waals surface area contributed by atoms with Crippen LogP contribution in [0.15, 0.2) is 17.6 Å². The van der Waals surface area contributed by atoms with Crippen LogP contribution in [0, 0.1) is 0 Å². The van der Waals surface area contributed by atoms with E-state index < -0.39 is 5.97 Å². The Hall–Kier alpha value is -1.53. The zero-order chi connectivity index (χ0) is 11.5. The van der Waals surface area contributed by atoms with Crippen molar-refractivity contribution in [2.24, 2.45) is 0 Å². The van der Waals surface area contributed by atoms with Gasteiger partial charge >= 0.3 is 5.97 Å². The molecule has 0 unspecified atom stereocenters. The van der Waals surface area contributed by atoms with Crippen LogP contribution < -0.4 is 0 Å². The Morgan fingerprint density at radius 1 is 1.50 bits per heavy atom. The Bertz CT molecular complexity index is 529. The fourth-order valence-corrected chi connectivity index (χ4v) is 1.95. The fourth-order valence-electron chi connectivity index (χ4n) is 1.04. The van der Waals surface area contributed by atoms with E-state index in [1.807, 2.05) is 0 Å². The predicted molar refractivity (Wildman–Crippen MR) is 59.5 cm³/mol. The molecule has 0 aliphatic carbocycles. The second-order valence-corrected chi connectivity index (χ2v) is 3.94. The van der Waals surface area contributed by atoms with E-state index in [4.69, 9.17) is 11.6 Å². The third kappa shape index (κ3) is 2.17. The van der Waals surface area contributed by atoms with Gasteiger partial charge in [0.25, 0.3) is 0 Å². The van der Waals surface area contributed by atoms with Crippen LogP contribution in [-0.2, 0) is 4.74 Å². The lowest BCUT2D eigenvalue weighted by Crippen LogP contribution is -2.01. The van der Waals surface area contributed by atoms with Gasteiger partial charge in [0.05, 0.1) is 7.11 Å². The second kappa shape index (κ2) is 4.54. The first-order valence-corrected chi connectivity index (χ1v) is 5.49. The van der Waals surface area contributed by atoms with Crippen molar-refractivity contribution in [1.82, 2.24) is 15.0 Å². The Labute approximate surface area is 100 Å². The van der Waals surface area contributed by atoms with Crippen molar-refractivity contribution >= 4 is 28.9 Å². The highest BCUT2D eigenvalue weighted by atomic mass is 35.5. The molecular formula is C9H6ClN3O2S. The molecule has 0 saturated heterocycles. The van der Waals surface area contributed by atoms with E-state index >= 15 is 0 Å². The molecule has 0 fully saturated rings. The summed E-state index contributed by atoms with van der Waals surface area (Å²) in [4.78, 5) is 23.0. The van der Waals surface area contributed by atoms with Gasteiger partial charge in [0.15, 0.2) is 5.69 Å². The topological polar surface area (TPSA) is 65.0 Å². The molecule has 0 aliphatic heterocycles. The molecule has 0 saturated carbocycles. The summed E-state index contributed by atoms with van der Waals surface area (Å²) in [6, 6.07) is 1.67. The van der Waals surface area contributed by atoms with Gasteiger partial charge in [-0.2, -0.15) is 0 Å². The van der Waals surface area contributed by atoms with E-state index in [2.05, 4.69) is 19.7 Å². The van der Waals surface area contributed by atoms with Gasteiger partial charge in [-0.3, -0.25) is 0 Å². The third-order valence-electron chi connectivity index (χ3n) is 1.74.